The van der Waals surface area contributed by atoms with Crippen molar-refractivity contribution < 1.29 is 24.1 Å². The molecule has 1 aliphatic rings. The van der Waals surface area contributed by atoms with Gasteiger partial charge in [0.05, 0.1) is 6.61 Å². The van der Waals surface area contributed by atoms with Crippen LogP contribution in [-0.4, -0.2) is 35.4 Å². The van der Waals surface area contributed by atoms with Crippen LogP contribution in [0.4, 0.5) is 5.69 Å². The minimum absolute atomic E-state index is 0. The van der Waals surface area contributed by atoms with Crippen molar-refractivity contribution in [3.63, 3.8) is 0 Å². The molecule has 3 aromatic rings. The van der Waals surface area contributed by atoms with Gasteiger partial charge in [0.1, 0.15) is 28.6 Å². The fourth-order valence-corrected chi connectivity index (χ4v) is 4.60. The van der Waals surface area contributed by atoms with Gasteiger partial charge in [-0.05, 0) is 93.6 Å². The lowest BCUT2D eigenvalue weighted by molar-refractivity contribution is -0.125. The summed E-state index contributed by atoms with van der Waals surface area (Å²) in [6.45, 7) is 8.43. The van der Waals surface area contributed by atoms with Gasteiger partial charge >= 0.3 is 0 Å². The Morgan fingerprint density at radius 2 is 1.75 bits per heavy atom. The normalized spacial score (nSPS) is 16.4. The van der Waals surface area contributed by atoms with Crippen molar-refractivity contribution in [3.05, 3.63) is 76.9 Å². The number of guanidine groups is 1. The lowest BCUT2D eigenvalue weighted by Gasteiger charge is -2.38. The predicted octanol–water partition coefficient (Wildman–Crippen LogP) is 5.12. The predicted molar refractivity (Wildman–Crippen MR) is 158 cm³/mol. The first-order chi connectivity index (χ1) is 18.6. The van der Waals surface area contributed by atoms with Crippen LogP contribution in [0.15, 0.2) is 54.6 Å². The van der Waals surface area contributed by atoms with E-state index in [2.05, 4.69) is 17.6 Å². The van der Waals surface area contributed by atoms with Gasteiger partial charge in [-0.15, -0.1) is 12.4 Å². The molecule has 0 aliphatic carbocycles. The summed E-state index contributed by atoms with van der Waals surface area (Å²) in [6, 6.07) is 15.9. The Labute approximate surface area is 240 Å². The summed E-state index contributed by atoms with van der Waals surface area (Å²) in [5.74, 6) is 1.51. The molecular weight excluding hydrogens is 532 g/mol. The number of anilines is 1. The van der Waals surface area contributed by atoms with Crippen LogP contribution in [0.1, 0.15) is 42.0 Å². The van der Waals surface area contributed by atoms with E-state index in [4.69, 9.17) is 25.4 Å². The highest BCUT2D eigenvalue weighted by Crippen LogP contribution is 2.44. The van der Waals surface area contributed by atoms with E-state index in [9.17, 15) is 9.90 Å². The number of halogens is 1. The third-order valence-electron chi connectivity index (χ3n) is 7.15. The van der Waals surface area contributed by atoms with Gasteiger partial charge in [0.15, 0.2) is 5.96 Å². The number of ether oxygens (including phenoxy) is 3. The molecule has 9 nitrogen and oxygen atoms in total. The number of phenolic OH excluding ortho intramolecular Hbond substituents is 1. The first-order valence-electron chi connectivity index (χ1n) is 12.9. The van der Waals surface area contributed by atoms with Crippen LogP contribution in [0, 0.1) is 26.2 Å². The van der Waals surface area contributed by atoms with Gasteiger partial charge in [-0.1, -0.05) is 18.2 Å². The largest absolute Gasteiger partial charge is 0.507 e. The number of amides is 1. The van der Waals surface area contributed by atoms with Gasteiger partial charge in [-0.25, -0.2) is 0 Å². The van der Waals surface area contributed by atoms with E-state index in [1.807, 2.05) is 26.8 Å². The van der Waals surface area contributed by atoms with E-state index in [1.165, 1.54) is 0 Å². The Balaban J connectivity index is 0.00000441. The quantitative estimate of drug-likeness (QED) is 0.137. The van der Waals surface area contributed by atoms with Crippen molar-refractivity contribution in [3.8, 4) is 23.0 Å². The molecule has 0 bridgehead atoms. The third-order valence-corrected chi connectivity index (χ3v) is 7.15. The lowest BCUT2D eigenvalue weighted by Crippen LogP contribution is -2.50. The number of fused-ring (bicyclic) bond motifs is 1. The Morgan fingerprint density at radius 1 is 1.07 bits per heavy atom. The zero-order chi connectivity index (χ0) is 28.2. The molecule has 0 spiro atoms. The van der Waals surface area contributed by atoms with Gasteiger partial charge in [0.2, 0.25) is 0 Å². The number of aromatic hydroxyl groups is 1. The Morgan fingerprint density at radius 3 is 2.40 bits per heavy atom. The number of para-hydroxylation sites is 1. The maximum Gasteiger partial charge on any atom is 0.280 e. The van der Waals surface area contributed by atoms with Gasteiger partial charge in [-0.2, -0.15) is 0 Å². The van der Waals surface area contributed by atoms with Gasteiger partial charge in [0.25, 0.3) is 12.1 Å². The molecule has 1 aliphatic heterocycles. The highest BCUT2D eigenvalue weighted by Gasteiger charge is 2.34. The second-order valence-electron chi connectivity index (χ2n) is 10.1. The standard InChI is InChI=1S/C30H36N4O5.ClH/c1-18-19(2)26-24(20(3)25(18)35)14-15-30(4,39-26)16-17-37-22-12-10-21(11-13-22)33-29(32)34-28(27(31)36)38-23-8-6-5-7-9-23;/h5-13,28,35H,14-17H2,1-4H3,(H2,31,36)(H3,32,33,34);1H. The SMILES string of the molecule is Cc1c(C)c2c(c(C)c1O)CCC(C)(CCOc1ccc(NC(=N)NC(Oc3ccccc3)C(N)=O)cc1)O2.Cl. The van der Waals surface area contributed by atoms with E-state index in [1.54, 1.807) is 48.5 Å². The van der Waals surface area contributed by atoms with E-state index in [-0.39, 0.29) is 24.0 Å². The molecule has 0 radical (unpaired) electrons. The number of hydrogen-bond acceptors (Lipinski definition) is 6. The number of nitrogens with two attached hydrogens (primary N) is 1. The second kappa shape index (κ2) is 12.8. The first-order valence-corrected chi connectivity index (χ1v) is 12.9. The number of carbonyl (C=O) groups is 1. The molecule has 40 heavy (non-hydrogen) atoms. The van der Waals surface area contributed by atoms with E-state index in [0.29, 0.717) is 36.0 Å². The maximum atomic E-state index is 11.8. The fourth-order valence-electron chi connectivity index (χ4n) is 4.60. The van der Waals surface area contributed by atoms with Crippen molar-refractivity contribution in [2.75, 3.05) is 11.9 Å². The minimum atomic E-state index is -1.20. The molecule has 0 aromatic heterocycles. The Bertz CT molecular complexity index is 1350. The number of phenols is 1. The smallest absolute Gasteiger partial charge is 0.280 e. The average molecular weight is 569 g/mol. The second-order valence-corrected chi connectivity index (χ2v) is 10.1. The summed E-state index contributed by atoms with van der Waals surface area (Å²) < 4.78 is 18.0. The molecule has 0 saturated carbocycles. The number of hydrogen-bond donors (Lipinski definition) is 5. The molecule has 10 heteroatoms. The highest BCUT2D eigenvalue weighted by molar-refractivity contribution is 5.94. The summed E-state index contributed by atoms with van der Waals surface area (Å²) in [4.78, 5) is 11.8. The summed E-state index contributed by atoms with van der Waals surface area (Å²) in [7, 11) is 0. The van der Waals surface area contributed by atoms with Crippen LogP contribution in [0.3, 0.4) is 0 Å². The summed E-state index contributed by atoms with van der Waals surface area (Å²) >= 11 is 0. The molecule has 0 fully saturated rings. The van der Waals surface area contributed by atoms with Crippen LogP contribution >= 0.6 is 12.4 Å². The molecular formula is C30H37ClN4O5. The van der Waals surface area contributed by atoms with Crippen LogP contribution in [0.5, 0.6) is 23.0 Å². The van der Waals surface area contributed by atoms with Crippen LogP contribution < -0.4 is 30.6 Å². The van der Waals surface area contributed by atoms with Crippen molar-refractivity contribution in [1.29, 1.82) is 5.41 Å². The maximum absolute atomic E-state index is 11.8. The first kappa shape index (κ1) is 30.4. The summed E-state index contributed by atoms with van der Waals surface area (Å²) in [5.41, 5.74) is 9.52. The Hall–Kier alpha value is -4.11. The molecule has 2 atom stereocenters. The third kappa shape index (κ3) is 7.09. The molecule has 214 valence electrons. The molecule has 1 heterocycles. The van der Waals surface area contributed by atoms with Gasteiger partial charge in [-0.3, -0.25) is 10.2 Å². The van der Waals surface area contributed by atoms with Gasteiger partial charge < -0.3 is 35.7 Å². The topological polar surface area (TPSA) is 139 Å². The molecule has 1 amide bonds. The summed E-state index contributed by atoms with van der Waals surface area (Å²) in [5, 5.41) is 24.1. The number of benzene rings is 3. The number of primary amides is 1. The van der Waals surface area contributed by atoms with E-state index in [0.717, 1.165) is 40.8 Å². The van der Waals surface area contributed by atoms with Crippen molar-refractivity contribution >= 4 is 30.0 Å². The average Bonchev–Trinajstić information content (AvgIpc) is 2.91. The van der Waals surface area contributed by atoms with Gasteiger partial charge in [0, 0.05) is 17.7 Å². The fraction of sp³-hybridized carbons (Fsp3) is 0.333. The van der Waals surface area contributed by atoms with E-state index < -0.39 is 12.1 Å². The number of nitrogens with one attached hydrogen (secondary N) is 3. The Kier molecular flexibility index (Phi) is 9.76. The van der Waals surface area contributed by atoms with Crippen molar-refractivity contribution in [2.45, 2.75) is 58.8 Å². The highest BCUT2D eigenvalue weighted by atomic mass is 35.5. The lowest BCUT2D eigenvalue weighted by atomic mass is 9.86. The van der Waals surface area contributed by atoms with Crippen LogP contribution in [-0.2, 0) is 11.2 Å². The van der Waals surface area contributed by atoms with E-state index >= 15 is 0 Å². The molecule has 6 N–H and O–H groups in total. The monoisotopic (exact) mass is 568 g/mol. The molecule has 2 unspecified atom stereocenters. The van der Waals surface area contributed by atoms with Crippen molar-refractivity contribution in [1.82, 2.24) is 5.32 Å². The number of rotatable bonds is 9. The minimum Gasteiger partial charge on any atom is -0.507 e. The van der Waals surface area contributed by atoms with Crippen molar-refractivity contribution in [2.24, 2.45) is 5.73 Å². The van der Waals surface area contributed by atoms with Crippen LogP contribution in [0.2, 0.25) is 0 Å². The van der Waals surface area contributed by atoms with Crippen LogP contribution in [0.25, 0.3) is 0 Å². The zero-order valence-corrected chi connectivity index (χ0v) is 24.0. The summed E-state index contributed by atoms with van der Waals surface area (Å²) in [6.07, 6.45) is 1.19. The molecule has 4 rings (SSSR count). The molecule has 3 aromatic carbocycles. The molecule has 0 saturated heterocycles. The zero-order valence-electron chi connectivity index (χ0n) is 23.2. The number of carbonyl (C=O) groups excluding carboxylic acids is 1.